The third-order valence-corrected chi connectivity index (χ3v) is 4.87. The van der Waals surface area contributed by atoms with Gasteiger partial charge in [0.15, 0.2) is 0 Å². The second kappa shape index (κ2) is 8.44. The van der Waals surface area contributed by atoms with Crippen LogP contribution in [-0.4, -0.2) is 86.7 Å². The van der Waals surface area contributed by atoms with Gasteiger partial charge < -0.3 is 24.4 Å². The molecule has 0 aromatic rings. The Balaban J connectivity index is 1.69. The Bertz CT molecular complexity index is 303. The largest absolute Gasteiger partial charge is 0.389 e. The molecule has 0 amide bonds. The first kappa shape index (κ1) is 17.2. The highest BCUT2D eigenvalue weighted by Gasteiger charge is 2.34. The smallest absolute Gasteiger partial charge is 0.0900 e. The van der Waals surface area contributed by atoms with Crippen LogP contribution in [0.4, 0.5) is 0 Å². The summed E-state index contributed by atoms with van der Waals surface area (Å²) in [6.45, 7) is 7.14. The molecule has 0 aromatic carbocycles. The molecule has 0 bridgehead atoms. The fourth-order valence-electron chi connectivity index (χ4n) is 3.80. The number of hydrogen-bond donors (Lipinski definition) is 1. The van der Waals surface area contributed by atoms with Crippen molar-refractivity contribution in [1.29, 1.82) is 0 Å². The average Bonchev–Trinajstić information content (AvgIpc) is 2.46. The second-order valence-corrected chi connectivity index (χ2v) is 6.75. The third kappa shape index (κ3) is 5.18. The fraction of sp³-hybridized carbons (Fsp3) is 1.00. The number of fused-ring (bicyclic) bond motifs is 1. The highest BCUT2D eigenvalue weighted by atomic mass is 16.5. The number of methoxy groups -OCH3 is 1. The molecule has 5 heteroatoms. The Morgan fingerprint density at radius 2 is 2.05 bits per heavy atom. The van der Waals surface area contributed by atoms with E-state index in [2.05, 4.69) is 16.8 Å². The zero-order valence-corrected chi connectivity index (χ0v) is 13.8. The van der Waals surface area contributed by atoms with Crippen LogP contribution >= 0.6 is 0 Å². The van der Waals surface area contributed by atoms with Crippen LogP contribution in [0.15, 0.2) is 0 Å². The monoisotopic (exact) mass is 300 g/mol. The summed E-state index contributed by atoms with van der Waals surface area (Å²) in [6, 6.07) is 0.755. The van der Waals surface area contributed by atoms with Crippen LogP contribution in [0.25, 0.3) is 0 Å². The molecule has 0 spiro atoms. The molecule has 0 aromatic heterocycles. The summed E-state index contributed by atoms with van der Waals surface area (Å²) >= 11 is 0. The van der Waals surface area contributed by atoms with E-state index in [9.17, 15) is 5.11 Å². The summed E-state index contributed by atoms with van der Waals surface area (Å²) in [6.07, 6.45) is 3.52. The fourth-order valence-corrected chi connectivity index (χ4v) is 3.80. The molecule has 2 heterocycles. The van der Waals surface area contributed by atoms with Gasteiger partial charge >= 0.3 is 0 Å². The number of rotatable bonds is 7. The Morgan fingerprint density at radius 1 is 1.24 bits per heavy atom. The molecule has 4 atom stereocenters. The lowest BCUT2D eigenvalue weighted by Crippen LogP contribution is -2.54. The molecule has 1 N–H and O–H groups in total. The molecule has 124 valence electrons. The molecule has 21 heavy (non-hydrogen) atoms. The standard InChI is InChI=1S/C16H32N2O3/c1-13(11-20-3)21-12-15(19)10-18-8-6-16-14(9-18)5-4-7-17(16)2/h13-16,19H,4-12H2,1-3H3. The number of β-amino-alcohol motifs (C(OH)–C–C–N with tert-alkyl or cyclic N) is 1. The van der Waals surface area contributed by atoms with Gasteiger partial charge in [-0.05, 0) is 52.2 Å². The van der Waals surface area contributed by atoms with E-state index >= 15 is 0 Å². The van der Waals surface area contributed by atoms with Gasteiger partial charge in [0.2, 0.25) is 0 Å². The van der Waals surface area contributed by atoms with Crippen molar-refractivity contribution in [1.82, 2.24) is 9.80 Å². The van der Waals surface area contributed by atoms with Gasteiger partial charge in [0.25, 0.3) is 0 Å². The predicted octanol–water partition coefficient (Wildman–Crippen LogP) is 0.815. The van der Waals surface area contributed by atoms with E-state index in [0.717, 1.165) is 31.6 Å². The predicted molar refractivity (Wildman–Crippen MR) is 83.5 cm³/mol. The minimum Gasteiger partial charge on any atom is -0.389 e. The van der Waals surface area contributed by atoms with Gasteiger partial charge in [-0.2, -0.15) is 0 Å². The maximum atomic E-state index is 10.1. The van der Waals surface area contributed by atoms with Gasteiger partial charge in [-0.25, -0.2) is 0 Å². The van der Waals surface area contributed by atoms with E-state index in [4.69, 9.17) is 9.47 Å². The molecule has 5 nitrogen and oxygen atoms in total. The summed E-state index contributed by atoms with van der Waals surface area (Å²) in [5, 5.41) is 10.1. The first-order chi connectivity index (χ1) is 10.1. The minimum atomic E-state index is -0.401. The molecule has 4 unspecified atom stereocenters. The van der Waals surface area contributed by atoms with Crippen LogP contribution in [0.2, 0.25) is 0 Å². The average molecular weight is 300 g/mol. The van der Waals surface area contributed by atoms with Crippen molar-refractivity contribution < 1.29 is 14.6 Å². The van der Waals surface area contributed by atoms with Crippen LogP contribution in [0.1, 0.15) is 26.2 Å². The summed E-state index contributed by atoms with van der Waals surface area (Å²) in [5.41, 5.74) is 0. The van der Waals surface area contributed by atoms with Gasteiger partial charge in [0.1, 0.15) is 0 Å². The topological polar surface area (TPSA) is 45.2 Å². The van der Waals surface area contributed by atoms with E-state index in [0.29, 0.717) is 13.2 Å². The summed E-state index contributed by atoms with van der Waals surface area (Å²) < 4.78 is 10.6. The molecule has 0 aliphatic carbocycles. The van der Waals surface area contributed by atoms with Gasteiger partial charge in [0, 0.05) is 26.2 Å². The SMILES string of the molecule is COCC(C)OCC(O)CN1CCC2C(CCCN2C)C1. The number of piperidine rings is 2. The molecule has 2 aliphatic heterocycles. The number of aliphatic hydroxyl groups excluding tert-OH is 1. The zero-order valence-electron chi connectivity index (χ0n) is 13.8. The quantitative estimate of drug-likeness (QED) is 0.754. The number of aliphatic hydroxyl groups is 1. The van der Waals surface area contributed by atoms with Gasteiger partial charge in [-0.3, -0.25) is 0 Å². The van der Waals surface area contributed by atoms with E-state index in [-0.39, 0.29) is 6.10 Å². The molecule has 2 fully saturated rings. The van der Waals surface area contributed by atoms with Crippen LogP contribution in [0, 0.1) is 5.92 Å². The molecule has 2 aliphatic rings. The van der Waals surface area contributed by atoms with Crippen molar-refractivity contribution in [2.75, 3.05) is 53.6 Å². The van der Waals surface area contributed by atoms with Crippen molar-refractivity contribution in [3.05, 3.63) is 0 Å². The molecule has 2 rings (SSSR count). The Labute approximate surface area is 129 Å². The highest BCUT2D eigenvalue weighted by molar-refractivity contribution is 4.89. The number of likely N-dealkylation sites (tertiary alicyclic amines) is 2. The highest BCUT2D eigenvalue weighted by Crippen LogP contribution is 2.29. The van der Waals surface area contributed by atoms with Gasteiger partial charge in [-0.15, -0.1) is 0 Å². The Hall–Kier alpha value is -0.200. The molecule has 2 saturated heterocycles. The normalized spacial score (nSPS) is 30.9. The van der Waals surface area contributed by atoms with E-state index in [1.54, 1.807) is 7.11 Å². The lowest BCUT2D eigenvalue weighted by Gasteiger charge is -2.46. The number of ether oxygens (including phenoxy) is 2. The van der Waals surface area contributed by atoms with Crippen molar-refractivity contribution >= 4 is 0 Å². The maximum absolute atomic E-state index is 10.1. The van der Waals surface area contributed by atoms with Crippen LogP contribution in [-0.2, 0) is 9.47 Å². The summed E-state index contributed by atoms with van der Waals surface area (Å²) in [4.78, 5) is 4.94. The molecular weight excluding hydrogens is 268 g/mol. The third-order valence-electron chi connectivity index (χ3n) is 4.87. The lowest BCUT2D eigenvalue weighted by molar-refractivity contribution is -0.0477. The molecular formula is C16H32N2O3. The van der Waals surface area contributed by atoms with Crippen LogP contribution in [0.5, 0.6) is 0 Å². The maximum Gasteiger partial charge on any atom is 0.0900 e. The Kier molecular flexibility index (Phi) is 6.89. The minimum absolute atomic E-state index is 0.0439. The molecule has 0 saturated carbocycles. The number of hydrogen-bond acceptors (Lipinski definition) is 5. The first-order valence-corrected chi connectivity index (χ1v) is 8.31. The summed E-state index contributed by atoms with van der Waals surface area (Å²) in [5.74, 6) is 0.776. The van der Waals surface area contributed by atoms with E-state index < -0.39 is 6.10 Å². The van der Waals surface area contributed by atoms with Crippen LogP contribution < -0.4 is 0 Å². The zero-order chi connectivity index (χ0) is 15.2. The van der Waals surface area contributed by atoms with Crippen molar-refractivity contribution in [2.45, 2.75) is 44.4 Å². The number of nitrogens with zero attached hydrogens (tertiary/aromatic N) is 2. The molecule has 0 radical (unpaired) electrons. The van der Waals surface area contributed by atoms with E-state index in [1.165, 1.54) is 25.8 Å². The Morgan fingerprint density at radius 3 is 2.81 bits per heavy atom. The van der Waals surface area contributed by atoms with Gasteiger partial charge in [-0.1, -0.05) is 0 Å². The van der Waals surface area contributed by atoms with Crippen molar-refractivity contribution in [3.8, 4) is 0 Å². The van der Waals surface area contributed by atoms with Crippen molar-refractivity contribution in [3.63, 3.8) is 0 Å². The van der Waals surface area contributed by atoms with Crippen molar-refractivity contribution in [2.24, 2.45) is 5.92 Å². The summed E-state index contributed by atoms with van der Waals surface area (Å²) in [7, 11) is 3.92. The van der Waals surface area contributed by atoms with E-state index in [1.807, 2.05) is 6.92 Å². The second-order valence-electron chi connectivity index (χ2n) is 6.75. The van der Waals surface area contributed by atoms with Gasteiger partial charge in [0.05, 0.1) is 25.4 Å². The lowest BCUT2D eigenvalue weighted by atomic mass is 9.84. The first-order valence-electron chi connectivity index (χ1n) is 8.31. The van der Waals surface area contributed by atoms with Crippen LogP contribution in [0.3, 0.4) is 0 Å².